The lowest BCUT2D eigenvalue weighted by molar-refractivity contribution is 0.977. The Labute approximate surface area is 490 Å². The van der Waals surface area contributed by atoms with Gasteiger partial charge in [-0.25, -0.2) is 0 Å². The maximum atomic E-state index is 2.62. The van der Waals surface area contributed by atoms with Crippen LogP contribution in [0.25, 0.3) is 49.7 Å². The molecule has 2 aliphatic heterocycles. The van der Waals surface area contributed by atoms with E-state index in [0.29, 0.717) is 0 Å². The summed E-state index contributed by atoms with van der Waals surface area (Å²) in [6.45, 7) is -0.178. The van der Waals surface area contributed by atoms with Crippen LogP contribution in [0.3, 0.4) is 0 Å². The van der Waals surface area contributed by atoms with Gasteiger partial charge in [0.1, 0.15) is 0 Å². The van der Waals surface area contributed by atoms with Crippen molar-refractivity contribution in [3.63, 3.8) is 0 Å². The summed E-state index contributed by atoms with van der Waals surface area (Å²) in [5.41, 5.74) is 25.5. The lowest BCUT2D eigenvalue weighted by Gasteiger charge is -2.45. The molecule has 84 heavy (non-hydrogen) atoms. The Balaban J connectivity index is 1.07. The van der Waals surface area contributed by atoms with Gasteiger partial charge in [-0.1, -0.05) is 237 Å². The number of para-hydroxylation sites is 4. The molecular weight excluding hydrogens is 1020 g/mol. The van der Waals surface area contributed by atoms with E-state index in [1.165, 1.54) is 60.7 Å². The third-order valence-corrected chi connectivity index (χ3v) is 17.2. The van der Waals surface area contributed by atoms with E-state index >= 15 is 0 Å². The maximum absolute atomic E-state index is 2.62. The smallest absolute Gasteiger partial charge is 0.252 e. The van der Waals surface area contributed by atoms with E-state index in [1.807, 2.05) is 0 Å². The van der Waals surface area contributed by atoms with Crippen molar-refractivity contribution in [3.05, 3.63) is 344 Å². The largest absolute Gasteiger partial charge is 0.311 e. The van der Waals surface area contributed by atoms with Crippen molar-refractivity contribution in [2.75, 3.05) is 14.7 Å². The molecular formula is C79H55BN4. The number of hydrogen-bond donors (Lipinski definition) is 0. The van der Waals surface area contributed by atoms with Crippen molar-refractivity contribution in [2.24, 2.45) is 0 Å². The number of fused-ring (bicyclic) bond motifs is 8. The van der Waals surface area contributed by atoms with Crippen molar-refractivity contribution in [1.82, 2.24) is 4.57 Å². The Morgan fingerprint density at radius 1 is 0.298 bits per heavy atom. The van der Waals surface area contributed by atoms with Gasteiger partial charge in [-0.3, -0.25) is 0 Å². The van der Waals surface area contributed by atoms with Gasteiger partial charge in [-0.05, 0) is 146 Å². The highest BCUT2D eigenvalue weighted by molar-refractivity contribution is 7.00. The van der Waals surface area contributed by atoms with E-state index in [2.05, 4.69) is 347 Å². The maximum Gasteiger partial charge on any atom is 0.252 e. The van der Waals surface area contributed by atoms with Gasteiger partial charge >= 0.3 is 0 Å². The monoisotopic (exact) mass is 1070 g/mol. The molecule has 0 amide bonds. The molecule has 1 aromatic heterocycles. The molecule has 2 aliphatic rings. The molecule has 394 valence electrons. The lowest BCUT2D eigenvalue weighted by Crippen LogP contribution is -2.61. The van der Waals surface area contributed by atoms with Crippen LogP contribution in [-0.4, -0.2) is 11.3 Å². The summed E-state index contributed by atoms with van der Waals surface area (Å²) in [6, 6.07) is 121. The van der Waals surface area contributed by atoms with E-state index in [0.717, 1.165) is 73.3 Å². The molecule has 14 aromatic rings. The summed E-state index contributed by atoms with van der Waals surface area (Å²) in [4.78, 5) is 7.65. The van der Waals surface area contributed by atoms with Crippen molar-refractivity contribution in [3.8, 4) is 27.9 Å². The van der Waals surface area contributed by atoms with E-state index in [1.54, 1.807) is 0 Å². The molecule has 4 nitrogen and oxygen atoms in total. The quantitative estimate of drug-likeness (QED) is 0.0948. The second-order valence-electron chi connectivity index (χ2n) is 22.0. The fourth-order valence-electron chi connectivity index (χ4n) is 13.6. The number of rotatable bonds is 11. The molecule has 5 heteroatoms. The summed E-state index contributed by atoms with van der Waals surface area (Å²) in [5.74, 6) is -0.0279. The minimum atomic E-state index is -0.178. The normalized spacial score (nSPS) is 12.3. The zero-order chi connectivity index (χ0) is 55.5. The average Bonchev–Trinajstić information content (AvgIpc) is 1.20. The number of benzene rings is 13. The highest BCUT2D eigenvalue weighted by Crippen LogP contribution is 2.52. The zero-order valence-corrected chi connectivity index (χ0v) is 46.1. The Morgan fingerprint density at radius 2 is 0.762 bits per heavy atom. The van der Waals surface area contributed by atoms with Gasteiger partial charge in [-0.15, -0.1) is 0 Å². The van der Waals surface area contributed by atoms with Crippen molar-refractivity contribution < 1.29 is 0 Å². The van der Waals surface area contributed by atoms with Gasteiger partial charge in [-0.2, -0.15) is 0 Å². The first-order valence-electron chi connectivity index (χ1n) is 29.1. The van der Waals surface area contributed by atoms with Crippen LogP contribution in [0, 0.1) is 0 Å². The summed E-state index contributed by atoms with van der Waals surface area (Å²) in [5, 5.41) is 2.41. The molecule has 0 bridgehead atoms. The van der Waals surface area contributed by atoms with Crippen LogP contribution >= 0.6 is 0 Å². The minimum absolute atomic E-state index is 0.0279. The predicted molar refractivity (Wildman–Crippen MR) is 354 cm³/mol. The molecule has 16 rings (SSSR count). The van der Waals surface area contributed by atoms with Gasteiger partial charge < -0.3 is 19.3 Å². The number of nitrogens with zero attached hydrogens (tertiary/aromatic N) is 4. The third-order valence-electron chi connectivity index (χ3n) is 17.2. The van der Waals surface area contributed by atoms with Crippen LogP contribution in [-0.2, 0) is 0 Å². The third kappa shape index (κ3) is 8.23. The van der Waals surface area contributed by atoms with Crippen LogP contribution in [0.15, 0.2) is 328 Å². The Hall–Kier alpha value is -10.9. The fraction of sp³-hybridized carbons (Fsp3) is 0.0127. The average molecular weight is 1070 g/mol. The molecule has 0 unspecified atom stereocenters. The van der Waals surface area contributed by atoms with Gasteiger partial charge in [0.2, 0.25) is 0 Å². The van der Waals surface area contributed by atoms with E-state index in [4.69, 9.17) is 0 Å². The van der Waals surface area contributed by atoms with Crippen LogP contribution in [0.5, 0.6) is 0 Å². The Morgan fingerprint density at radius 3 is 1.35 bits per heavy atom. The zero-order valence-electron chi connectivity index (χ0n) is 46.1. The first-order chi connectivity index (χ1) is 41.7. The topological polar surface area (TPSA) is 14.7 Å². The summed E-state index contributed by atoms with van der Waals surface area (Å²) < 4.78 is 2.46. The molecule has 13 aromatic carbocycles. The lowest BCUT2D eigenvalue weighted by atomic mass is 9.33. The standard InChI is InChI=1S/C79H55BN4/c1-8-26-55(27-9-1)59-34-24-42-65(50-59)83-73-52-61(76(57-30-12-3-13-31-57)58-32-14-4-15-33-58)46-47-69(73)80-70-48-49-72-77(68-44-22-23-45-71(68)82(72)64-40-20-7-21-41-64)79(70)84(66-43-25-35-60(51-66)56-28-10-2-11-29-56)75-54-67(53-74(83)78(75)80)81(62-36-16-5-17-37-62)63-38-18-6-19-39-63/h1-54,76H. The molecule has 0 fully saturated rings. The molecule has 0 N–H and O–H groups in total. The second kappa shape index (κ2) is 20.6. The predicted octanol–water partition coefficient (Wildman–Crippen LogP) is 18.9. The van der Waals surface area contributed by atoms with Crippen LogP contribution in [0.1, 0.15) is 22.6 Å². The van der Waals surface area contributed by atoms with E-state index in [9.17, 15) is 0 Å². The first kappa shape index (κ1) is 49.0. The SMILES string of the molecule is c1ccc(-c2cccc(N3c4cc(C(c5ccccc5)c5ccccc5)ccc4B4c5ccc6c(c5N(c5cccc(-c7ccccc7)c5)c5cc(N(c7ccccc7)c7ccccc7)cc3c54)c3ccccc3n6-c3ccccc3)c2)cc1. The Kier molecular flexibility index (Phi) is 12.0. The molecule has 0 radical (unpaired) electrons. The fourth-order valence-corrected chi connectivity index (χ4v) is 13.6. The molecule has 3 heterocycles. The van der Waals surface area contributed by atoms with Crippen molar-refractivity contribution in [1.29, 1.82) is 0 Å². The van der Waals surface area contributed by atoms with Gasteiger partial charge in [0.15, 0.2) is 0 Å². The molecule has 0 saturated carbocycles. The Bertz CT molecular complexity index is 4650. The van der Waals surface area contributed by atoms with Crippen LogP contribution in [0.4, 0.5) is 51.2 Å². The van der Waals surface area contributed by atoms with Gasteiger partial charge in [0.05, 0.1) is 22.4 Å². The molecule has 0 atom stereocenters. The highest BCUT2D eigenvalue weighted by Gasteiger charge is 2.45. The van der Waals surface area contributed by atoms with Crippen molar-refractivity contribution in [2.45, 2.75) is 5.92 Å². The summed E-state index contributed by atoms with van der Waals surface area (Å²) in [6.07, 6.45) is 0. The van der Waals surface area contributed by atoms with Gasteiger partial charge in [0.25, 0.3) is 6.71 Å². The second-order valence-corrected chi connectivity index (χ2v) is 22.0. The molecule has 0 spiro atoms. The molecule has 0 saturated heterocycles. The van der Waals surface area contributed by atoms with E-state index in [-0.39, 0.29) is 12.6 Å². The van der Waals surface area contributed by atoms with Crippen LogP contribution < -0.4 is 31.1 Å². The highest BCUT2D eigenvalue weighted by atomic mass is 15.2. The number of hydrogen-bond acceptors (Lipinski definition) is 3. The van der Waals surface area contributed by atoms with Gasteiger partial charge in [0, 0.05) is 62.2 Å². The number of aromatic nitrogens is 1. The first-order valence-corrected chi connectivity index (χ1v) is 29.1. The number of anilines is 9. The van der Waals surface area contributed by atoms with Crippen molar-refractivity contribution >= 4 is 96.1 Å². The molecule has 0 aliphatic carbocycles. The minimum Gasteiger partial charge on any atom is -0.311 e. The summed E-state index contributed by atoms with van der Waals surface area (Å²) in [7, 11) is 0. The summed E-state index contributed by atoms with van der Waals surface area (Å²) >= 11 is 0. The van der Waals surface area contributed by atoms with Crippen LogP contribution in [0.2, 0.25) is 0 Å². The van der Waals surface area contributed by atoms with E-state index < -0.39 is 0 Å².